The van der Waals surface area contributed by atoms with E-state index < -0.39 is 4.92 Å². The van der Waals surface area contributed by atoms with Crippen LogP contribution in [0.3, 0.4) is 0 Å². The Morgan fingerprint density at radius 1 is 1.22 bits per heavy atom. The zero-order chi connectivity index (χ0) is 19.0. The molecule has 0 aliphatic carbocycles. The Balaban J connectivity index is 1.76. The molecule has 3 aromatic heterocycles. The predicted molar refractivity (Wildman–Crippen MR) is 109 cm³/mol. The number of nitro groups is 1. The van der Waals surface area contributed by atoms with Crippen LogP contribution < -0.4 is 5.56 Å². The lowest BCUT2D eigenvalue weighted by molar-refractivity contribution is -0.384. The van der Waals surface area contributed by atoms with Crippen LogP contribution in [-0.2, 0) is 12.8 Å². The minimum atomic E-state index is -0.431. The standard InChI is InChI=1S/C19H15N3O3S2/c1-2-13-16(14-4-3-9-26-14)17-18(23)20-15(21-19(17)27-13)10-11-5-7-12(8-6-11)22(24)25/h3-9H,2,10H2,1H3,(H,20,21,23). The van der Waals surface area contributed by atoms with Crippen LogP contribution in [0.15, 0.2) is 46.6 Å². The molecule has 0 saturated heterocycles. The topological polar surface area (TPSA) is 88.9 Å². The van der Waals surface area contributed by atoms with Crippen LogP contribution in [-0.4, -0.2) is 14.9 Å². The van der Waals surface area contributed by atoms with Crippen molar-refractivity contribution in [2.24, 2.45) is 0 Å². The highest BCUT2D eigenvalue weighted by Gasteiger charge is 2.18. The monoisotopic (exact) mass is 397 g/mol. The van der Waals surface area contributed by atoms with E-state index in [0.717, 1.165) is 32.1 Å². The van der Waals surface area contributed by atoms with Gasteiger partial charge in [0.05, 0.1) is 10.3 Å². The Morgan fingerprint density at radius 2 is 2.00 bits per heavy atom. The lowest BCUT2D eigenvalue weighted by Crippen LogP contribution is -2.11. The summed E-state index contributed by atoms with van der Waals surface area (Å²) in [6.45, 7) is 2.08. The van der Waals surface area contributed by atoms with Gasteiger partial charge in [0.2, 0.25) is 0 Å². The average Bonchev–Trinajstić information content (AvgIpc) is 3.29. The van der Waals surface area contributed by atoms with Crippen LogP contribution in [0.1, 0.15) is 23.2 Å². The molecular weight excluding hydrogens is 382 g/mol. The fourth-order valence-corrected chi connectivity index (χ4v) is 5.05. The summed E-state index contributed by atoms with van der Waals surface area (Å²) in [6, 6.07) is 10.3. The van der Waals surface area contributed by atoms with Gasteiger partial charge in [-0.1, -0.05) is 25.1 Å². The number of nitro benzene ring substituents is 1. The molecule has 27 heavy (non-hydrogen) atoms. The number of thiophene rings is 2. The van der Waals surface area contributed by atoms with Crippen molar-refractivity contribution in [1.82, 2.24) is 9.97 Å². The minimum Gasteiger partial charge on any atom is -0.310 e. The van der Waals surface area contributed by atoms with E-state index >= 15 is 0 Å². The summed E-state index contributed by atoms with van der Waals surface area (Å²) in [5.41, 5.74) is 1.75. The van der Waals surface area contributed by atoms with E-state index in [2.05, 4.69) is 16.9 Å². The first-order valence-electron chi connectivity index (χ1n) is 8.38. The maximum absolute atomic E-state index is 12.8. The van der Waals surface area contributed by atoms with Crippen molar-refractivity contribution in [2.45, 2.75) is 19.8 Å². The molecule has 0 saturated carbocycles. The van der Waals surface area contributed by atoms with Crippen molar-refractivity contribution in [2.75, 3.05) is 0 Å². The third-order valence-electron chi connectivity index (χ3n) is 4.29. The fraction of sp³-hybridized carbons (Fsp3) is 0.158. The van der Waals surface area contributed by atoms with Gasteiger partial charge >= 0.3 is 0 Å². The maximum Gasteiger partial charge on any atom is 0.269 e. The number of hydrogen-bond donors (Lipinski definition) is 1. The number of aromatic amines is 1. The Morgan fingerprint density at radius 3 is 2.63 bits per heavy atom. The molecule has 0 aliphatic rings. The molecular formula is C19H15N3O3S2. The number of nitrogens with zero attached hydrogens (tertiary/aromatic N) is 2. The third kappa shape index (κ3) is 3.29. The smallest absolute Gasteiger partial charge is 0.269 e. The number of aryl methyl sites for hydroxylation is 1. The highest BCUT2D eigenvalue weighted by Crippen LogP contribution is 2.38. The van der Waals surface area contributed by atoms with Crippen molar-refractivity contribution >= 4 is 38.6 Å². The Labute approximate surface area is 162 Å². The first-order chi connectivity index (χ1) is 13.1. The zero-order valence-corrected chi connectivity index (χ0v) is 16.0. The quantitative estimate of drug-likeness (QED) is 0.388. The number of rotatable bonds is 5. The van der Waals surface area contributed by atoms with E-state index in [9.17, 15) is 14.9 Å². The summed E-state index contributed by atoms with van der Waals surface area (Å²) < 4.78 is 0. The number of nitrogens with one attached hydrogen (secondary N) is 1. The second kappa shape index (κ2) is 7.05. The third-order valence-corrected chi connectivity index (χ3v) is 6.41. The molecule has 136 valence electrons. The number of hydrogen-bond acceptors (Lipinski definition) is 6. The number of non-ortho nitro benzene ring substituents is 1. The Kier molecular flexibility index (Phi) is 4.59. The summed E-state index contributed by atoms with van der Waals surface area (Å²) in [6.07, 6.45) is 1.25. The van der Waals surface area contributed by atoms with Crippen LogP contribution in [0.4, 0.5) is 5.69 Å². The Hall–Kier alpha value is -2.84. The summed E-state index contributed by atoms with van der Waals surface area (Å²) in [7, 11) is 0. The van der Waals surface area contributed by atoms with Gasteiger partial charge < -0.3 is 4.98 Å². The highest BCUT2D eigenvalue weighted by atomic mass is 32.1. The highest BCUT2D eigenvalue weighted by molar-refractivity contribution is 7.20. The van der Waals surface area contributed by atoms with Gasteiger partial charge in [0.25, 0.3) is 11.2 Å². The lowest BCUT2D eigenvalue weighted by Gasteiger charge is -2.02. The molecule has 0 fully saturated rings. The van der Waals surface area contributed by atoms with Gasteiger partial charge in [-0.05, 0) is 23.4 Å². The number of benzene rings is 1. The number of aromatic nitrogens is 2. The number of fused-ring (bicyclic) bond motifs is 1. The van der Waals surface area contributed by atoms with E-state index in [1.807, 2.05) is 17.5 Å². The van der Waals surface area contributed by atoms with Crippen LogP contribution in [0.2, 0.25) is 0 Å². The van der Waals surface area contributed by atoms with E-state index in [1.54, 1.807) is 34.8 Å². The van der Waals surface area contributed by atoms with Crippen molar-refractivity contribution in [3.63, 3.8) is 0 Å². The van der Waals surface area contributed by atoms with Crippen LogP contribution in [0.5, 0.6) is 0 Å². The van der Waals surface area contributed by atoms with Gasteiger partial charge in [-0.2, -0.15) is 0 Å². The van der Waals surface area contributed by atoms with Gasteiger partial charge in [-0.15, -0.1) is 22.7 Å². The zero-order valence-electron chi connectivity index (χ0n) is 14.4. The molecule has 0 aliphatic heterocycles. The second-order valence-electron chi connectivity index (χ2n) is 6.02. The van der Waals surface area contributed by atoms with Crippen molar-refractivity contribution < 1.29 is 4.92 Å². The van der Waals surface area contributed by atoms with E-state index in [4.69, 9.17) is 0 Å². The number of H-pyrrole nitrogens is 1. The maximum atomic E-state index is 12.8. The van der Waals surface area contributed by atoms with Gasteiger partial charge in [-0.3, -0.25) is 14.9 Å². The molecule has 0 spiro atoms. The van der Waals surface area contributed by atoms with E-state index in [-0.39, 0.29) is 11.2 Å². The molecule has 3 heterocycles. The molecule has 4 rings (SSSR count). The molecule has 0 amide bonds. The van der Waals surface area contributed by atoms with Gasteiger partial charge in [0, 0.05) is 33.9 Å². The van der Waals surface area contributed by atoms with Crippen molar-refractivity contribution in [3.05, 3.63) is 78.5 Å². The van der Waals surface area contributed by atoms with Crippen LogP contribution in [0.25, 0.3) is 20.7 Å². The van der Waals surface area contributed by atoms with Gasteiger partial charge in [0.1, 0.15) is 10.7 Å². The van der Waals surface area contributed by atoms with Gasteiger partial charge in [-0.25, -0.2) is 4.98 Å². The molecule has 4 aromatic rings. The van der Waals surface area contributed by atoms with Crippen LogP contribution in [0, 0.1) is 10.1 Å². The molecule has 6 nitrogen and oxygen atoms in total. The first-order valence-corrected chi connectivity index (χ1v) is 10.1. The predicted octanol–water partition coefficient (Wildman–Crippen LogP) is 4.77. The second-order valence-corrected chi connectivity index (χ2v) is 8.06. The minimum absolute atomic E-state index is 0.0436. The lowest BCUT2D eigenvalue weighted by atomic mass is 10.1. The molecule has 0 atom stereocenters. The normalized spacial score (nSPS) is 11.1. The largest absolute Gasteiger partial charge is 0.310 e. The summed E-state index contributed by atoms with van der Waals surface area (Å²) in [5.74, 6) is 0.558. The molecule has 0 radical (unpaired) electrons. The van der Waals surface area contributed by atoms with Crippen molar-refractivity contribution in [1.29, 1.82) is 0 Å². The van der Waals surface area contributed by atoms with E-state index in [0.29, 0.717) is 17.6 Å². The summed E-state index contributed by atoms with van der Waals surface area (Å²) in [4.78, 5) is 33.7. The molecule has 1 aromatic carbocycles. The first kappa shape index (κ1) is 17.6. The SMILES string of the molecule is CCc1sc2nc(Cc3ccc([N+](=O)[O-])cc3)[nH]c(=O)c2c1-c1cccs1. The van der Waals surface area contributed by atoms with Crippen LogP contribution >= 0.6 is 22.7 Å². The summed E-state index contributed by atoms with van der Waals surface area (Å²) in [5, 5.41) is 13.4. The molecule has 8 heteroatoms. The molecule has 1 N–H and O–H groups in total. The molecule has 0 bridgehead atoms. The molecule has 0 unspecified atom stereocenters. The Bertz CT molecular complexity index is 1180. The van der Waals surface area contributed by atoms with Gasteiger partial charge in [0.15, 0.2) is 0 Å². The van der Waals surface area contributed by atoms with Crippen molar-refractivity contribution in [3.8, 4) is 10.4 Å². The summed E-state index contributed by atoms with van der Waals surface area (Å²) >= 11 is 3.17. The van der Waals surface area contributed by atoms with E-state index in [1.165, 1.54) is 12.1 Å². The fourth-order valence-electron chi connectivity index (χ4n) is 3.04. The average molecular weight is 397 g/mol.